The van der Waals surface area contributed by atoms with E-state index < -0.39 is 52.8 Å². The van der Waals surface area contributed by atoms with E-state index >= 15 is 0 Å². The molecular formula is C42H31Cl7N8O7. The Hall–Kier alpha value is -5.65. The first-order chi connectivity index (χ1) is 30.3. The van der Waals surface area contributed by atoms with Gasteiger partial charge in [0.25, 0.3) is 23.6 Å². The van der Waals surface area contributed by atoms with Crippen LogP contribution >= 0.6 is 81.2 Å². The summed E-state index contributed by atoms with van der Waals surface area (Å²) in [6.45, 7) is 3.72. The molecule has 330 valence electrons. The van der Waals surface area contributed by atoms with Crippen LogP contribution in [0.4, 0.5) is 34.1 Å². The van der Waals surface area contributed by atoms with Crippen LogP contribution in [0.15, 0.2) is 111 Å². The van der Waals surface area contributed by atoms with Gasteiger partial charge in [-0.3, -0.25) is 28.8 Å². The standard InChI is InChI=1S/C42H31Cl7N8O7/c1-19(58)37(56-54-34-14-22(4-9-27(34)46)39(60)51-31-11-6-24(44)16-29(31)48)41(62)50-26-8-13-33(36(18-26)64-21(3)43)53-42(63)38(20(2)59)57-55-35-15-23(5-10-28(35)47)40(61)52-32-12-7-25(45)17-30(32)49/h4-18,21,37-38H,1-3H3,(H,50,62)(H,51,60)(H,52,61)(H,53,63). The minimum atomic E-state index is -1.70. The molecule has 0 aliphatic rings. The van der Waals surface area contributed by atoms with Crippen LogP contribution in [0.2, 0.25) is 30.1 Å². The monoisotopic (exact) mass is 1000 g/mol. The lowest BCUT2D eigenvalue weighted by atomic mass is 10.1. The number of Topliss-reactive ketones (excluding diaryl/α,β-unsaturated/α-hetero) is 2. The zero-order valence-electron chi connectivity index (χ0n) is 33.2. The molecular weight excluding hydrogens is 977 g/mol. The smallest absolute Gasteiger partial charge is 0.258 e. The first-order valence-corrected chi connectivity index (χ1v) is 21.0. The van der Waals surface area contributed by atoms with E-state index in [1.165, 1.54) is 85.8 Å². The fourth-order valence-electron chi connectivity index (χ4n) is 5.30. The van der Waals surface area contributed by atoms with E-state index in [1.54, 1.807) is 12.1 Å². The van der Waals surface area contributed by atoms with Crippen LogP contribution < -0.4 is 26.0 Å². The molecule has 0 bridgehead atoms. The summed E-state index contributed by atoms with van der Waals surface area (Å²) < 4.78 is 5.67. The van der Waals surface area contributed by atoms with E-state index in [0.29, 0.717) is 21.4 Å². The number of carbonyl (C=O) groups is 6. The van der Waals surface area contributed by atoms with Crippen molar-refractivity contribution in [3.05, 3.63) is 132 Å². The molecule has 0 radical (unpaired) electrons. The molecule has 0 aromatic heterocycles. The van der Waals surface area contributed by atoms with Crippen molar-refractivity contribution in [1.29, 1.82) is 0 Å². The van der Waals surface area contributed by atoms with E-state index in [1.807, 2.05) is 0 Å². The molecule has 64 heavy (non-hydrogen) atoms. The van der Waals surface area contributed by atoms with Crippen molar-refractivity contribution in [2.45, 2.75) is 38.4 Å². The van der Waals surface area contributed by atoms with Crippen LogP contribution in [0.5, 0.6) is 5.75 Å². The quantitative estimate of drug-likeness (QED) is 0.0426. The number of ether oxygens (including phenoxy) is 1. The summed E-state index contributed by atoms with van der Waals surface area (Å²) >= 11 is 43.0. The second-order valence-corrected chi connectivity index (χ2v) is 16.4. The zero-order chi connectivity index (χ0) is 46.8. The average Bonchev–Trinajstić information content (AvgIpc) is 3.21. The highest BCUT2D eigenvalue weighted by Gasteiger charge is 2.27. The third kappa shape index (κ3) is 13.4. The third-order valence-corrected chi connectivity index (χ3v) is 10.2. The molecule has 22 heteroatoms. The number of halogens is 7. The maximum Gasteiger partial charge on any atom is 0.258 e. The van der Waals surface area contributed by atoms with Gasteiger partial charge < -0.3 is 26.0 Å². The fourth-order valence-corrected chi connectivity index (χ4v) is 6.61. The highest BCUT2D eigenvalue weighted by atomic mass is 35.5. The number of ketones is 2. The normalized spacial score (nSPS) is 12.6. The summed E-state index contributed by atoms with van der Waals surface area (Å²) in [6, 6.07) is 17.9. The molecule has 0 fully saturated rings. The van der Waals surface area contributed by atoms with E-state index in [-0.39, 0.29) is 59.7 Å². The first kappa shape index (κ1) is 49.4. The Labute approximate surface area is 399 Å². The Morgan fingerprint density at radius 2 is 0.953 bits per heavy atom. The van der Waals surface area contributed by atoms with E-state index in [9.17, 15) is 28.8 Å². The van der Waals surface area contributed by atoms with Crippen molar-refractivity contribution in [2.75, 3.05) is 21.3 Å². The van der Waals surface area contributed by atoms with Gasteiger partial charge in [-0.15, -0.1) is 0 Å². The Bertz CT molecular complexity index is 2740. The highest BCUT2D eigenvalue weighted by molar-refractivity contribution is 6.38. The Morgan fingerprint density at radius 3 is 1.38 bits per heavy atom. The van der Waals surface area contributed by atoms with Gasteiger partial charge in [0, 0.05) is 32.9 Å². The number of hydrogen-bond acceptors (Lipinski definition) is 11. The molecule has 4 N–H and O–H groups in total. The molecule has 0 saturated heterocycles. The summed E-state index contributed by atoms with van der Waals surface area (Å²) in [5.74, 6) is -4.44. The van der Waals surface area contributed by atoms with Gasteiger partial charge in [0.15, 0.2) is 17.1 Å². The van der Waals surface area contributed by atoms with Gasteiger partial charge in [-0.05, 0) is 106 Å². The van der Waals surface area contributed by atoms with Gasteiger partial charge in [0.1, 0.15) is 17.1 Å². The summed E-state index contributed by atoms with van der Waals surface area (Å²) in [4.78, 5) is 78.1. The molecule has 5 aromatic rings. The van der Waals surface area contributed by atoms with Gasteiger partial charge in [0.05, 0.1) is 37.2 Å². The van der Waals surface area contributed by atoms with Crippen LogP contribution in [-0.4, -0.2) is 52.8 Å². The third-order valence-electron chi connectivity index (χ3n) is 8.40. The number of carbonyl (C=O) groups excluding carboxylic acids is 6. The molecule has 15 nitrogen and oxygen atoms in total. The van der Waals surface area contributed by atoms with Crippen molar-refractivity contribution in [2.24, 2.45) is 20.5 Å². The number of rotatable bonds is 16. The van der Waals surface area contributed by atoms with Crippen molar-refractivity contribution in [3.8, 4) is 5.75 Å². The summed E-state index contributed by atoms with van der Waals surface area (Å²) in [5, 5.41) is 27.5. The SMILES string of the molecule is CC(=O)C(N=Nc1cc(C(=O)Nc2ccc(Cl)cc2Cl)ccc1Cl)C(=O)Nc1ccc(NC(=O)C(N=Nc2cc(C(=O)Nc3ccc(Cl)cc3Cl)ccc2Cl)C(C)=O)c(OC(C)Cl)c1. The Kier molecular flexibility index (Phi) is 17.2. The predicted octanol–water partition coefficient (Wildman–Crippen LogP) is 12.4. The molecule has 4 amide bonds. The van der Waals surface area contributed by atoms with Crippen molar-refractivity contribution < 1.29 is 33.5 Å². The maximum atomic E-state index is 13.5. The van der Waals surface area contributed by atoms with Gasteiger partial charge in [-0.1, -0.05) is 81.2 Å². The second kappa shape index (κ2) is 22.3. The van der Waals surface area contributed by atoms with Crippen molar-refractivity contribution in [1.82, 2.24) is 0 Å². The minimum absolute atomic E-state index is 0.00853. The summed E-state index contributed by atoms with van der Waals surface area (Å²) in [7, 11) is 0. The number of azo groups is 2. The van der Waals surface area contributed by atoms with Gasteiger partial charge in [-0.25, -0.2) is 0 Å². The number of alkyl halides is 1. The number of hydrogen-bond donors (Lipinski definition) is 4. The average molecular weight is 1010 g/mol. The number of benzene rings is 5. The zero-order valence-corrected chi connectivity index (χ0v) is 38.5. The van der Waals surface area contributed by atoms with Gasteiger partial charge in [0.2, 0.25) is 12.1 Å². The van der Waals surface area contributed by atoms with Crippen molar-refractivity contribution >= 4 is 151 Å². The predicted molar refractivity (Wildman–Crippen MR) is 249 cm³/mol. The van der Waals surface area contributed by atoms with E-state index in [2.05, 4.69) is 41.7 Å². The van der Waals surface area contributed by atoms with Crippen LogP contribution in [0.25, 0.3) is 0 Å². The molecule has 5 rings (SSSR count). The largest absolute Gasteiger partial charge is 0.473 e. The van der Waals surface area contributed by atoms with Gasteiger partial charge in [-0.2, -0.15) is 20.5 Å². The molecule has 3 atom stereocenters. The number of nitrogens with one attached hydrogen (secondary N) is 4. The van der Waals surface area contributed by atoms with Crippen molar-refractivity contribution in [3.63, 3.8) is 0 Å². The lowest BCUT2D eigenvalue weighted by molar-refractivity contribution is -0.127. The first-order valence-electron chi connectivity index (χ1n) is 18.3. The number of anilines is 4. The Balaban J connectivity index is 1.30. The Morgan fingerprint density at radius 1 is 0.516 bits per heavy atom. The molecule has 3 unspecified atom stereocenters. The maximum absolute atomic E-state index is 13.5. The van der Waals surface area contributed by atoms with Crippen LogP contribution in [-0.2, 0) is 19.2 Å². The summed E-state index contributed by atoms with van der Waals surface area (Å²) in [5.41, 5.74) is -0.121. The molecule has 0 spiro atoms. The molecule has 0 aliphatic carbocycles. The lowest BCUT2D eigenvalue weighted by Gasteiger charge is -2.17. The lowest BCUT2D eigenvalue weighted by Crippen LogP contribution is -2.32. The van der Waals surface area contributed by atoms with E-state index in [0.717, 1.165) is 13.8 Å². The summed E-state index contributed by atoms with van der Waals surface area (Å²) in [6.07, 6.45) is 0. The second-order valence-electron chi connectivity index (χ2n) is 13.3. The van der Waals surface area contributed by atoms with Crippen LogP contribution in [0, 0.1) is 0 Å². The topological polar surface area (TPSA) is 209 Å². The van der Waals surface area contributed by atoms with Crippen LogP contribution in [0.1, 0.15) is 41.5 Å². The molecule has 0 heterocycles. The van der Waals surface area contributed by atoms with Crippen LogP contribution in [0.3, 0.4) is 0 Å². The minimum Gasteiger partial charge on any atom is -0.473 e. The number of nitrogens with zero attached hydrogens (tertiary/aromatic N) is 4. The molecule has 0 saturated carbocycles. The fraction of sp³-hybridized carbons (Fsp3) is 0.143. The van der Waals surface area contributed by atoms with Gasteiger partial charge >= 0.3 is 0 Å². The van der Waals surface area contributed by atoms with E-state index in [4.69, 9.17) is 85.9 Å². The molecule has 0 aliphatic heterocycles. The number of amides is 4. The molecule has 5 aromatic carbocycles. The highest BCUT2D eigenvalue weighted by Crippen LogP contribution is 2.33.